The van der Waals surface area contributed by atoms with Crippen molar-refractivity contribution in [2.45, 2.75) is 6.42 Å². The molecule has 14 heavy (non-hydrogen) atoms. The van der Waals surface area contributed by atoms with E-state index in [4.69, 9.17) is 5.84 Å². The molecule has 0 saturated carbocycles. The van der Waals surface area contributed by atoms with Gasteiger partial charge < -0.3 is 0 Å². The Labute approximate surface area is 80.1 Å². The van der Waals surface area contributed by atoms with Gasteiger partial charge in [0.2, 0.25) is 5.91 Å². The highest BCUT2D eigenvalue weighted by molar-refractivity contribution is 5.77. The molecule has 0 heterocycles. The summed E-state index contributed by atoms with van der Waals surface area (Å²) in [5, 5.41) is 0.864. The zero-order valence-corrected chi connectivity index (χ0v) is 7.63. The first-order valence-corrected chi connectivity index (χ1v) is 3.96. The highest BCUT2D eigenvalue weighted by Crippen LogP contribution is 2.10. The number of carbonyl (C=O) groups is 1. The number of likely N-dealkylation sites (N-methyl/N-ethyl adjacent to an activating group) is 1. The second-order valence-corrected chi connectivity index (χ2v) is 2.92. The van der Waals surface area contributed by atoms with Crippen LogP contribution in [0.3, 0.4) is 0 Å². The van der Waals surface area contributed by atoms with Gasteiger partial charge in [-0.2, -0.15) is 0 Å². The average molecular weight is 200 g/mol. The van der Waals surface area contributed by atoms with Gasteiger partial charge >= 0.3 is 0 Å². The molecule has 0 spiro atoms. The van der Waals surface area contributed by atoms with Gasteiger partial charge in [0, 0.05) is 13.1 Å². The van der Waals surface area contributed by atoms with E-state index in [0.29, 0.717) is 0 Å². The van der Waals surface area contributed by atoms with Crippen LogP contribution < -0.4 is 5.84 Å². The molecule has 1 aromatic carbocycles. The van der Waals surface area contributed by atoms with Gasteiger partial charge in [0.25, 0.3) is 0 Å². The van der Waals surface area contributed by atoms with Crippen molar-refractivity contribution in [3.05, 3.63) is 35.4 Å². The van der Waals surface area contributed by atoms with Gasteiger partial charge in [-0.1, -0.05) is 6.07 Å². The minimum absolute atomic E-state index is 0.133. The molecule has 2 N–H and O–H groups in total. The van der Waals surface area contributed by atoms with Crippen LogP contribution >= 0.6 is 0 Å². The van der Waals surface area contributed by atoms with Gasteiger partial charge in [-0.3, -0.25) is 9.80 Å². The summed E-state index contributed by atoms with van der Waals surface area (Å²) in [6.07, 6.45) is -0.168. The minimum Gasteiger partial charge on any atom is -0.284 e. The quantitative estimate of drug-likeness (QED) is 0.437. The third-order valence-corrected chi connectivity index (χ3v) is 1.75. The minimum atomic E-state index is -0.736. The highest BCUT2D eigenvalue weighted by Gasteiger charge is 2.10. The monoisotopic (exact) mass is 200 g/mol. The van der Waals surface area contributed by atoms with Gasteiger partial charge in [-0.15, -0.1) is 0 Å². The predicted octanol–water partition coefficient (Wildman–Crippen LogP) is 0.839. The lowest BCUT2D eigenvalue weighted by atomic mass is 10.1. The summed E-state index contributed by atoms with van der Waals surface area (Å²) >= 11 is 0. The molecule has 1 aromatic rings. The molecule has 0 radical (unpaired) electrons. The summed E-state index contributed by atoms with van der Waals surface area (Å²) in [5.41, 5.74) is 0.133. The van der Waals surface area contributed by atoms with Crippen molar-refractivity contribution in [2.24, 2.45) is 5.84 Å². The van der Waals surface area contributed by atoms with E-state index in [1.807, 2.05) is 0 Å². The Bertz CT molecular complexity index is 353. The molecular formula is C9H10F2N2O. The summed E-state index contributed by atoms with van der Waals surface area (Å²) < 4.78 is 25.5. The maximum Gasteiger partial charge on any atom is 0.240 e. The number of hydrogen-bond acceptors (Lipinski definition) is 2. The molecule has 76 valence electrons. The molecule has 0 aliphatic carbocycles. The van der Waals surface area contributed by atoms with E-state index < -0.39 is 17.5 Å². The topological polar surface area (TPSA) is 46.3 Å². The third-order valence-electron chi connectivity index (χ3n) is 1.75. The van der Waals surface area contributed by atoms with Gasteiger partial charge in [0.05, 0.1) is 6.42 Å². The van der Waals surface area contributed by atoms with Gasteiger partial charge in [0.1, 0.15) is 11.6 Å². The molecule has 1 amide bonds. The average Bonchev–Trinajstić information content (AvgIpc) is 2.09. The highest BCUT2D eigenvalue weighted by atomic mass is 19.1. The number of rotatable bonds is 2. The fourth-order valence-corrected chi connectivity index (χ4v) is 0.953. The van der Waals surface area contributed by atoms with E-state index in [1.165, 1.54) is 13.1 Å². The molecule has 0 aliphatic rings. The second-order valence-electron chi connectivity index (χ2n) is 2.92. The predicted molar refractivity (Wildman–Crippen MR) is 47.0 cm³/mol. The van der Waals surface area contributed by atoms with Crippen LogP contribution in [0.15, 0.2) is 18.2 Å². The SMILES string of the molecule is CN(N)C(=O)Cc1ccc(F)cc1F. The van der Waals surface area contributed by atoms with Crippen molar-refractivity contribution in [1.29, 1.82) is 0 Å². The molecule has 0 bridgehead atoms. The first kappa shape index (κ1) is 10.6. The molecule has 0 aliphatic heterocycles. The lowest BCUT2D eigenvalue weighted by Crippen LogP contribution is -2.34. The molecular weight excluding hydrogens is 190 g/mol. The van der Waals surface area contributed by atoms with Crippen LogP contribution in [0.25, 0.3) is 0 Å². The van der Waals surface area contributed by atoms with Crippen LogP contribution in [0.2, 0.25) is 0 Å². The standard InChI is InChI=1S/C9H10F2N2O/c1-13(12)9(14)4-6-2-3-7(10)5-8(6)11/h2-3,5H,4,12H2,1H3. The van der Waals surface area contributed by atoms with E-state index in [-0.39, 0.29) is 12.0 Å². The van der Waals surface area contributed by atoms with Crippen LogP contribution in [-0.4, -0.2) is 18.0 Å². The van der Waals surface area contributed by atoms with Crippen molar-refractivity contribution in [3.8, 4) is 0 Å². The van der Waals surface area contributed by atoms with E-state index in [2.05, 4.69) is 0 Å². The number of nitrogens with zero attached hydrogens (tertiary/aromatic N) is 1. The van der Waals surface area contributed by atoms with Gasteiger partial charge in [0.15, 0.2) is 0 Å². The van der Waals surface area contributed by atoms with E-state index >= 15 is 0 Å². The Hall–Kier alpha value is -1.49. The van der Waals surface area contributed by atoms with Crippen molar-refractivity contribution in [2.75, 3.05) is 7.05 Å². The molecule has 0 fully saturated rings. The van der Waals surface area contributed by atoms with Crippen molar-refractivity contribution in [1.82, 2.24) is 5.01 Å². The smallest absolute Gasteiger partial charge is 0.240 e. The largest absolute Gasteiger partial charge is 0.284 e. The van der Waals surface area contributed by atoms with Crippen molar-refractivity contribution < 1.29 is 13.6 Å². The van der Waals surface area contributed by atoms with Gasteiger partial charge in [-0.05, 0) is 11.6 Å². The number of carbonyl (C=O) groups excluding carboxylic acids is 1. The van der Waals surface area contributed by atoms with Crippen LogP contribution in [-0.2, 0) is 11.2 Å². The molecule has 0 saturated heterocycles. The number of benzene rings is 1. The van der Waals surface area contributed by atoms with E-state index in [9.17, 15) is 13.6 Å². The second kappa shape index (κ2) is 4.15. The molecule has 5 heteroatoms. The normalized spacial score (nSPS) is 10.0. The lowest BCUT2D eigenvalue weighted by molar-refractivity contribution is -0.129. The molecule has 3 nitrogen and oxygen atoms in total. The van der Waals surface area contributed by atoms with Crippen molar-refractivity contribution >= 4 is 5.91 Å². The summed E-state index contributed by atoms with van der Waals surface area (Å²) in [6.45, 7) is 0. The van der Waals surface area contributed by atoms with E-state index in [1.54, 1.807) is 0 Å². The summed E-state index contributed by atoms with van der Waals surface area (Å²) in [4.78, 5) is 11.1. The van der Waals surface area contributed by atoms with Crippen LogP contribution in [0.5, 0.6) is 0 Å². The summed E-state index contributed by atoms with van der Waals surface area (Å²) in [6, 6.07) is 3.06. The Morgan fingerprint density at radius 2 is 2.14 bits per heavy atom. The first-order chi connectivity index (χ1) is 6.50. The van der Waals surface area contributed by atoms with Gasteiger partial charge in [-0.25, -0.2) is 14.6 Å². The summed E-state index contributed by atoms with van der Waals surface area (Å²) in [7, 11) is 1.36. The molecule has 1 rings (SSSR count). The fourth-order valence-electron chi connectivity index (χ4n) is 0.953. The molecule has 0 atom stereocenters. The Kier molecular flexibility index (Phi) is 3.14. The summed E-state index contributed by atoms with van der Waals surface area (Å²) in [5.74, 6) is 3.31. The number of halogens is 2. The van der Waals surface area contributed by atoms with Crippen LogP contribution in [0.4, 0.5) is 8.78 Å². The zero-order chi connectivity index (χ0) is 10.7. The molecule has 0 unspecified atom stereocenters. The Morgan fingerprint density at radius 3 is 2.64 bits per heavy atom. The Morgan fingerprint density at radius 1 is 1.50 bits per heavy atom. The maximum atomic E-state index is 13.0. The fraction of sp³-hybridized carbons (Fsp3) is 0.222. The third kappa shape index (κ3) is 2.50. The van der Waals surface area contributed by atoms with Crippen LogP contribution in [0, 0.1) is 11.6 Å². The first-order valence-electron chi connectivity index (χ1n) is 3.96. The van der Waals surface area contributed by atoms with E-state index in [0.717, 1.165) is 17.1 Å². The number of hydrogen-bond donors (Lipinski definition) is 1. The van der Waals surface area contributed by atoms with Crippen LogP contribution in [0.1, 0.15) is 5.56 Å². The molecule has 0 aromatic heterocycles. The maximum absolute atomic E-state index is 13.0. The number of amides is 1. The Balaban J connectivity index is 2.82. The number of hydrazine groups is 1. The number of nitrogens with two attached hydrogens (primary N) is 1. The lowest BCUT2D eigenvalue weighted by Gasteiger charge is -2.09. The zero-order valence-electron chi connectivity index (χ0n) is 7.63. The van der Waals surface area contributed by atoms with Crippen molar-refractivity contribution in [3.63, 3.8) is 0 Å².